The van der Waals surface area contributed by atoms with E-state index in [4.69, 9.17) is 4.98 Å². The topological polar surface area (TPSA) is 49.0 Å². The van der Waals surface area contributed by atoms with Gasteiger partial charge in [0.25, 0.3) is 5.56 Å². The van der Waals surface area contributed by atoms with Crippen LogP contribution in [0.25, 0.3) is 21.3 Å². The smallest absolute Gasteiger partial charge is 0.260 e. The van der Waals surface area contributed by atoms with Crippen molar-refractivity contribution in [3.63, 3.8) is 0 Å². The lowest BCUT2D eigenvalue weighted by Crippen LogP contribution is -2.34. The Morgan fingerprint density at radius 3 is 2.77 bits per heavy atom. The Labute approximate surface area is 157 Å². The highest BCUT2D eigenvalue weighted by molar-refractivity contribution is 7.19. The van der Waals surface area contributed by atoms with Crippen molar-refractivity contribution < 1.29 is 0 Å². The highest BCUT2D eigenvalue weighted by atomic mass is 32.1. The van der Waals surface area contributed by atoms with E-state index in [0.717, 1.165) is 57.6 Å². The van der Waals surface area contributed by atoms with Crippen LogP contribution in [-0.4, -0.2) is 28.0 Å². The Morgan fingerprint density at radius 1 is 1.27 bits per heavy atom. The van der Waals surface area contributed by atoms with Crippen LogP contribution in [0.3, 0.4) is 0 Å². The number of aromatic amines is 1. The van der Waals surface area contributed by atoms with Gasteiger partial charge in [0, 0.05) is 17.0 Å². The molecule has 4 nitrogen and oxygen atoms in total. The second kappa shape index (κ2) is 6.97. The molecule has 0 bridgehead atoms. The first-order chi connectivity index (χ1) is 12.5. The third kappa shape index (κ3) is 3.33. The summed E-state index contributed by atoms with van der Waals surface area (Å²) in [7, 11) is 0. The molecule has 1 N–H and O–H groups in total. The van der Waals surface area contributed by atoms with E-state index in [1.807, 2.05) is 0 Å². The summed E-state index contributed by atoms with van der Waals surface area (Å²) in [5.41, 5.74) is 3.31. The lowest BCUT2D eigenvalue weighted by molar-refractivity contribution is 0.173. The van der Waals surface area contributed by atoms with E-state index in [9.17, 15) is 4.79 Å². The molecule has 0 amide bonds. The van der Waals surface area contributed by atoms with Crippen molar-refractivity contribution in [2.24, 2.45) is 5.92 Å². The number of nitrogens with zero attached hydrogens (tertiary/aromatic N) is 2. The zero-order chi connectivity index (χ0) is 18.3. The summed E-state index contributed by atoms with van der Waals surface area (Å²) in [6.45, 7) is 9.34. The van der Waals surface area contributed by atoms with Gasteiger partial charge in [0.1, 0.15) is 10.7 Å². The lowest BCUT2D eigenvalue weighted by atomic mass is 10.0. The minimum atomic E-state index is -0.0185. The van der Waals surface area contributed by atoms with Gasteiger partial charge in [0.2, 0.25) is 0 Å². The molecule has 1 saturated heterocycles. The van der Waals surface area contributed by atoms with Crippen molar-refractivity contribution in [1.82, 2.24) is 14.9 Å². The summed E-state index contributed by atoms with van der Waals surface area (Å²) in [4.78, 5) is 25.1. The van der Waals surface area contributed by atoms with Crippen LogP contribution >= 0.6 is 11.3 Å². The molecule has 1 unspecified atom stereocenters. The van der Waals surface area contributed by atoms with E-state index in [-0.39, 0.29) is 5.56 Å². The normalized spacial score (nSPS) is 18.5. The Balaban J connectivity index is 1.72. The van der Waals surface area contributed by atoms with Gasteiger partial charge in [-0.25, -0.2) is 4.98 Å². The van der Waals surface area contributed by atoms with E-state index < -0.39 is 0 Å². The number of aromatic nitrogens is 2. The van der Waals surface area contributed by atoms with E-state index in [1.165, 1.54) is 18.4 Å². The number of nitrogens with one attached hydrogen (secondary N) is 1. The first-order valence-corrected chi connectivity index (χ1v) is 10.1. The minimum Gasteiger partial charge on any atom is -0.309 e. The number of likely N-dealkylation sites (tertiary alicyclic amines) is 1. The van der Waals surface area contributed by atoms with Crippen LogP contribution < -0.4 is 5.56 Å². The van der Waals surface area contributed by atoms with Crippen LogP contribution in [-0.2, 0) is 6.54 Å². The van der Waals surface area contributed by atoms with Crippen LogP contribution in [0.15, 0.2) is 29.1 Å². The van der Waals surface area contributed by atoms with Gasteiger partial charge in [0.15, 0.2) is 0 Å². The first-order valence-electron chi connectivity index (χ1n) is 9.33. The number of piperidine rings is 1. The Morgan fingerprint density at radius 2 is 2.04 bits per heavy atom. The highest BCUT2D eigenvalue weighted by Crippen LogP contribution is 2.35. The maximum atomic E-state index is 12.9. The number of fused-ring (bicyclic) bond motifs is 1. The number of H-pyrrole nitrogens is 1. The molecule has 0 saturated carbocycles. The van der Waals surface area contributed by atoms with Crippen LogP contribution in [0.2, 0.25) is 0 Å². The maximum Gasteiger partial charge on any atom is 0.260 e. The fourth-order valence-corrected chi connectivity index (χ4v) is 5.01. The number of rotatable bonds is 3. The molecular weight excluding hydrogens is 342 g/mol. The van der Waals surface area contributed by atoms with Crippen LogP contribution in [0.5, 0.6) is 0 Å². The molecule has 2 aromatic heterocycles. The molecular formula is C21H25N3OS. The van der Waals surface area contributed by atoms with Crippen molar-refractivity contribution in [2.75, 3.05) is 13.1 Å². The van der Waals surface area contributed by atoms with Crippen molar-refractivity contribution >= 4 is 21.6 Å². The average molecular weight is 368 g/mol. The van der Waals surface area contributed by atoms with Gasteiger partial charge in [-0.2, -0.15) is 0 Å². The van der Waals surface area contributed by atoms with Gasteiger partial charge in [-0.1, -0.05) is 36.8 Å². The summed E-state index contributed by atoms with van der Waals surface area (Å²) in [5, 5.41) is 0.729. The highest BCUT2D eigenvalue weighted by Gasteiger charge is 2.20. The number of benzene rings is 1. The minimum absolute atomic E-state index is 0.0185. The van der Waals surface area contributed by atoms with Gasteiger partial charge in [-0.05, 0) is 44.7 Å². The maximum absolute atomic E-state index is 12.9. The molecule has 0 radical (unpaired) electrons. The van der Waals surface area contributed by atoms with Crippen molar-refractivity contribution in [1.29, 1.82) is 0 Å². The fraction of sp³-hybridized carbons (Fsp3) is 0.429. The molecule has 1 aliphatic heterocycles. The molecule has 1 aromatic carbocycles. The predicted octanol–water partition coefficient (Wildman–Crippen LogP) is 4.50. The second-order valence-corrected chi connectivity index (χ2v) is 8.78. The summed E-state index contributed by atoms with van der Waals surface area (Å²) >= 11 is 1.62. The van der Waals surface area contributed by atoms with E-state index in [1.54, 1.807) is 11.3 Å². The molecule has 1 aliphatic rings. The largest absolute Gasteiger partial charge is 0.309 e. The van der Waals surface area contributed by atoms with E-state index >= 15 is 0 Å². The SMILES string of the molecule is Cc1ccc(-c2c(C)sc3nc(CN4CCCC(C)C4)[nH]c(=O)c23)cc1. The van der Waals surface area contributed by atoms with Gasteiger partial charge in [-0.15, -0.1) is 11.3 Å². The Bertz CT molecular complexity index is 987. The van der Waals surface area contributed by atoms with Gasteiger partial charge >= 0.3 is 0 Å². The predicted molar refractivity (Wildman–Crippen MR) is 109 cm³/mol. The van der Waals surface area contributed by atoms with Gasteiger partial charge in [-0.3, -0.25) is 9.69 Å². The number of aryl methyl sites for hydroxylation is 2. The second-order valence-electron chi connectivity index (χ2n) is 7.57. The zero-order valence-electron chi connectivity index (χ0n) is 15.6. The molecule has 3 heterocycles. The molecule has 0 aliphatic carbocycles. The van der Waals surface area contributed by atoms with Crippen LogP contribution in [0, 0.1) is 19.8 Å². The monoisotopic (exact) mass is 367 g/mol. The summed E-state index contributed by atoms with van der Waals surface area (Å²) in [5.74, 6) is 1.50. The third-order valence-electron chi connectivity index (χ3n) is 5.24. The molecule has 5 heteroatoms. The molecule has 0 spiro atoms. The molecule has 3 aromatic rings. The van der Waals surface area contributed by atoms with Gasteiger partial charge < -0.3 is 4.98 Å². The quantitative estimate of drug-likeness (QED) is 0.741. The standard InChI is InChI=1S/C21H25N3OS/c1-13-6-8-16(9-7-13)18-15(3)26-21-19(18)20(25)22-17(23-21)12-24-10-4-5-14(2)11-24/h6-9,14H,4-5,10-12H2,1-3H3,(H,22,23,25). The van der Waals surface area contributed by atoms with Crippen molar-refractivity contribution in [3.8, 4) is 11.1 Å². The number of hydrogen-bond donors (Lipinski definition) is 1. The van der Waals surface area contributed by atoms with Crippen molar-refractivity contribution in [2.45, 2.75) is 40.2 Å². The molecule has 1 fully saturated rings. The summed E-state index contributed by atoms with van der Waals surface area (Å²) in [6.07, 6.45) is 2.52. The molecule has 136 valence electrons. The van der Waals surface area contributed by atoms with Crippen LogP contribution in [0.1, 0.15) is 36.0 Å². The molecule has 26 heavy (non-hydrogen) atoms. The Kier molecular flexibility index (Phi) is 4.67. The zero-order valence-corrected chi connectivity index (χ0v) is 16.4. The first kappa shape index (κ1) is 17.4. The fourth-order valence-electron chi connectivity index (χ4n) is 3.95. The lowest BCUT2D eigenvalue weighted by Gasteiger charge is -2.30. The van der Waals surface area contributed by atoms with Crippen molar-refractivity contribution in [3.05, 3.63) is 50.9 Å². The summed E-state index contributed by atoms with van der Waals surface area (Å²) < 4.78 is 0. The number of hydrogen-bond acceptors (Lipinski definition) is 4. The number of thiophene rings is 1. The third-order valence-corrected chi connectivity index (χ3v) is 6.24. The Hall–Kier alpha value is -1.98. The molecule has 1 atom stereocenters. The van der Waals surface area contributed by atoms with Gasteiger partial charge in [0.05, 0.1) is 11.9 Å². The average Bonchev–Trinajstić information content (AvgIpc) is 2.92. The summed E-state index contributed by atoms with van der Waals surface area (Å²) in [6, 6.07) is 8.36. The van der Waals surface area contributed by atoms with Crippen LogP contribution in [0.4, 0.5) is 0 Å². The van der Waals surface area contributed by atoms with E-state index in [2.05, 4.69) is 54.9 Å². The molecule has 4 rings (SSSR count). The van der Waals surface area contributed by atoms with E-state index in [0.29, 0.717) is 0 Å².